The van der Waals surface area contributed by atoms with E-state index < -0.39 is 5.54 Å². The Balaban J connectivity index is 2.91. The van der Waals surface area contributed by atoms with Crippen LogP contribution < -0.4 is 5.73 Å². The minimum absolute atomic E-state index is 0.385. The SMILES string of the molecule is CC(O)CC(C)(N)c1cccc(Br)c1. The Morgan fingerprint density at radius 3 is 2.71 bits per heavy atom. The molecule has 0 amide bonds. The first-order chi connectivity index (χ1) is 6.42. The van der Waals surface area contributed by atoms with E-state index in [1.165, 1.54) is 0 Å². The van der Waals surface area contributed by atoms with Crippen LogP contribution in [-0.4, -0.2) is 11.2 Å². The summed E-state index contributed by atoms with van der Waals surface area (Å²) in [6, 6.07) is 7.88. The number of hydrogen-bond acceptors (Lipinski definition) is 2. The first-order valence-corrected chi connectivity index (χ1v) is 5.44. The highest BCUT2D eigenvalue weighted by atomic mass is 79.9. The zero-order valence-corrected chi connectivity index (χ0v) is 10.1. The number of aliphatic hydroxyl groups is 1. The molecule has 0 saturated heterocycles. The zero-order valence-electron chi connectivity index (χ0n) is 8.50. The molecule has 0 aromatic heterocycles. The third kappa shape index (κ3) is 3.08. The van der Waals surface area contributed by atoms with E-state index in [2.05, 4.69) is 15.9 Å². The molecule has 14 heavy (non-hydrogen) atoms. The van der Waals surface area contributed by atoms with Gasteiger partial charge in [0.05, 0.1) is 6.10 Å². The number of rotatable bonds is 3. The van der Waals surface area contributed by atoms with Crippen molar-refractivity contribution in [3.63, 3.8) is 0 Å². The topological polar surface area (TPSA) is 46.2 Å². The summed E-state index contributed by atoms with van der Waals surface area (Å²) in [5.74, 6) is 0. The highest BCUT2D eigenvalue weighted by molar-refractivity contribution is 9.10. The predicted molar refractivity (Wildman–Crippen MR) is 62.0 cm³/mol. The quantitative estimate of drug-likeness (QED) is 0.874. The minimum atomic E-state index is -0.474. The zero-order chi connectivity index (χ0) is 10.8. The maximum atomic E-state index is 9.33. The van der Waals surface area contributed by atoms with E-state index in [0.717, 1.165) is 10.0 Å². The van der Waals surface area contributed by atoms with Crippen molar-refractivity contribution in [2.24, 2.45) is 5.73 Å². The van der Waals surface area contributed by atoms with Crippen LogP contribution in [0.3, 0.4) is 0 Å². The summed E-state index contributed by atoms with van der Waals surface area (Å²) in [5, 5.41) is 9.33. The van der Waals surface area contributed by atoms with Gasteiger partial charge in [-0.3, -0.25) is 0 Å². The van der Waals surface area contributed by atoms with Crippen molar-refractivity contribution < 1.29 is 5.11 Å². The second kappa shape index (κ2) is 4.43. The van der Waals surface area contributed by atoms with Crippen LogP contribution in [0.2, 0.25) is 0 Å². The Labute approximate surface area is 93.3 Å². The summed E-state index contributed by atoms with van der Waals surface area (Å²) in [7, 11) is 0. The van der Waals surface area contributed by atoms with E-state index in [9.17, 15) is 5.11 Å². The van der Waals surface area contributed by atoms with E-state index in [4.69, 9.17) is 5.73 Å². The fourth-order valence-electron chi connectivity index (χ4n) is 1.58. The summed E-state index contributed by atoms with van der Waals surface area (Å²) in [6.45, 7) is 3.69. The van der Waals surface area contributed by atoms with Crippen molar-refractivity contribution in [2.45, 2.75) is 31.9 Å². The molecule has 0 heterocycles. The molecule has 3 heteroatoms. The van der Waals surface area contributed by atoms with Crippen LogP contribution in [0.25, 0.3) is 0 Å². The first-order valence-electron chi connectivity index (χ1n) is 4.65. The van der Waals surface area contributed by atoms with Gasteiger partial charge in [-0.15, -0.1) is 0 Å². The van der Waals surface area contributed by atoms with E-state index in [1.807, 2.05) is 31.2 Å². The van der Waals surface area contributed by atoms with Gasteiger partial charge in [-0.25, -0.2) is 0 Å². The fraction of sp³-hybridized carbons (Fsp3) is 0.455. The molecule has 0 bridgehead atoms. The normalized spacial score (nSPS) is 17.5. The van der Waals surface area contributed by atoms with E-state index in [1.54, 1.807) is 6.92 Å². The van der Waals surface area contributed by atoms with Crippen molar-refractivity contribution in [1.82, 2.24) is 0 Å². The standard InChI is InChI=1S/C11H16BrNO/c1-8(14)7-11(2,13)9-4-3-5-10(12)6-9/h3-6,8,14H,7,13H2,1-2H3. The summed E-state index contributed by atoms with van der Waals surface area (Å²) < 4.78 is 1.01. The van der Waals surface area contributed by atoms with Gasteiger partial charge in [-0.05, 0) is 38.0 Å². The average Bonchev–Trinajstić information content (AvgIpc) is 2.01. The summed E-state index contributed by atoms with van der Waals surface area (Å²) in [4.78, 5) is 0. The number of aliphatic hydroxyl groups excluding tert-OH is 1. The Kier molecular flexibility index (Phi) is 3.70. The molecule has 0 aliphatic rings. The highest BCUT2D eigenvalue weighted by Gasteiger charge is 2.23. The molecule has 0 radical (unpaired) electrons. The molecule has 2 nitrogen and oxygen atoms in total. The molecule has 0 aliphatic heterocycles. The van der Waals surface area contributed by atoms with Gasteiger partial charge < -0.3 is 10.8 Å². The van der Waals surface area contributed by atoms with Crippen LogP contribution in [0.1, 0.15) is 25.8 Å². The van der Waals surface area contributed by atoms with Gasteiger partial charge in [0, 0.05) is 10.0 Å². The smallest absolute Gasteiger partial charge is 0.0532 e. The van der Waals surface area contributed by atoms with Crippen molar-refractivity contribution in [3.05, 3.63) is 34.3 Å². The van der Waals surface area contributed by atoms with Crippen LogP contribution >= 0.6 is 15.9 Å². The van der Waals surface area contributed by atoms with Gasteiger partial charge in [0.1, 0.15) is 0 Å². The summed E-state index contributed by atoms with van der Waals surface area (Å²) >= 11 is 3.40. The molecule has 1 rings (SSSR count). The van der Waals surface area contributed by atoms with Gasteiger partial charge in [0.25, 0.3) is 0 Å². The van der Waals surface area contributed by atoms with Crippen molar-refractivity contribution >= 4 is 15.9 Å². The molecular weight excluding hydrogens is 242 g/mol. The van der Waals surface area contributed by atoms with E-state index in [0.29, 0.717) is 6.42 Å². The van der Waals surface area contributed by atoms with Crippen LogP contribution in [0.4, 0.5) is 0 Å². The molecule has 0 saturated carbocycles. The second-order valence-electron chi connectivity index (χ2n) is 3.98. The number of halogens is 1. The Bertz CT molecular complexity index is 310. The third-order valence-electron chi connectivity index (χ3n) is 2.20. The molecule has 3 N–H and O–H groups in total. The molecule has 78 valence electrons. The maximum absolute atomic E-state index is 9.33. The molecular formula is C11H16BrNO. The number of benzene rings is 1. The molecule has 2 unspecified atom stereocenters. The number of nitrogens with two attached hydrogens (primary N) is 1. The van der Waals surface area contributed by atoms with Crippen molar-refractivity contribution in [1.29, 1.82) is 0 Å². The first kappa shape index (κ1) is 11.7. The maximum Gasteiger partial charge on any atom is 0.0532 e. The summed E-state index contributed by atoms with van der Waals surface area (Å²) in [6.07, 6.45) is 0.174. The lowest BCUT2D eigenvalue weighted by molar-refractivity contribution is 0.153. The lowest BCUT2D eigenvalue weighted by Crippen LogP contribution is -2.36. The fourth-order valence-corrected chi connectivity index (χ4v) is 1.97. The second-order valence-corrected chi connectivity index (χ2v) is 4.90. The van der Waals surface area contributed by atoms with Gasteiger partial charge in [0.15, 0.2) is 0 Å². The van der Waals surface area contributed by atoms with E-state index in [-0.39, 0.29) is 6.10 Å². The number of hydrogen-bond donors (Lipinski definition) is 2. The minimum Gasteiger partial charge on any atom is -0.393 e. The molecule has 2 atom stereocenters. The lowest BCUT2D eigenvalue weighted by atomic mass is 9.88. The van der Waals surface area contributed by atoms with Crippen LogP contribution in [-0.2, 0) is 5.54 Å². The van der Waals surface area contributed by atoms with Crippen LogP contribution in [0.5, 0.6) is 0 Å². The van der Waals surface area contributed by atoms with Crippen molar-refractivity contribution in [3.8, 4) is 0 Å². The lowest BCUT2D eigenvalue weighted by Gasteiger charge is -2.26. The van der Waals surface area contributed by atoms with Crippen LogP contribution in [0, 0.1) is 0 Å². The molecule has 1 aromatic rings. The van der Waals surface area contributed by atoms with Gasteiger partial charge in [0.2, 0.25) is 0 Å². The summed E-state index contributed by atoms with van der Waals surface area (Å²) in [5.41, 5.74) is 6.69. The largest absolute Gasteiger partial charge is 0.393 e. The van der Waals surface area contributed by atoms with Crippen LogP contribution in [0.15, 0.2) is 28.7 Å². The average molecular weight is 258 g/mol. The Morgan fingerprint density at radius 2 is 2.21 bits per heavy atom. The molecule has 0 spiro atoms. The van der Waals surface area contributed by atoms with E-state index >= 15 is 0 Å². The molecule has 0 aliphatic carbocycles. The highest BCUT2D eigenvalue weighted by Crippen LogP contribution is 2.25. The Morgan fingerprint density at radius 1 is 1.57 bits per heavy atom. The Hall–Kier alpha value is -0.380. The third-order valence-corrected chi connectivity index (χ3v) is 2.70. The molecule has 0 fully saturated rings. The van der Waals surface area contributed by atoms with Crippen molar-refractivity contribution in [2.75, 3.05) is 0 Å². The molecule has 1 aromatic carbocycles. The van der Waals surface area contributed by atoms with Gasteiger partial charge >= 0.3 is 0 Å². The monoisotopic (exact) mass is 257 g/mol. The van der Waals surface area contributed by atoms with Gasteiger partial charge in [-0.2, -0.15) is 0 Å². The van der Waals surface area contributed by atoms with Gasteiger partial charge in [-0.1, -0.05) is 28.1 Å². The predicted octanol–water partition coefficient (Wildman–Crippen LogP) is 2.39.